The van der Waals surface area contributed by atoms with Gasteiger partial charge in [0.2, 0.25) is 5.91 Å². The summed E-state index contributed by atoms with van der Waals surface area (Å²) in [5.74, 6) is -4.40. The number of halogens is 2. The number of hydrogen-bond acceptors (Lipinski definition) is 6. The molecule has 0 saturated carbocycles. The molecule has 2 aliphatic rings. The summed E-state index contributed by atoms with van der Waals surface area (Å²) in [6, 6.07) is 5.23. The minimum atomic E-state index is -1.31. The minimum absolute atomic E-state index is 0.0448. The van der Waals surface area contributed by atoms with Crippen LogP contribution in [0, 0.1) is 17.6 Å². The van der Waals surface area contributed by atoms with Gasteiger partial charge in [-0.15, -0.1) is 0 Å². The van der Waals surface area contributed by atoms with Gasteiger partial charge in [-0.1, -0.05) is 11.3 Å². The summed E-state index contributed by atoms with van der Waals surface area (Å²) in [5.41, 5.74) is 1.53. The SMILES string of the molecule is CCOC(=O)C1CN(c2ccc3c(c2)sc(=O)n3C)C(=O)N(C2CCc3c(F)cc(F)cc32)C1=O. The lowest BCUT2D eigenvalue weighted by molar-refractivity contribution is -0.155. The molecule has 8 nitrogen and oxygen atoms in total. The molecular weight excluding hydrogens is 480 g/mol. The Hall–Kier alpha value is -3.60. The van der Waals surface area contributed by atoms with E-state index in [1.54, 1.807) is 32.2 Å². The molecule has 0 radical (unpaired) electrons. The van der Waals surface area contributed by atoms with Gasteiger partial charge < -0.3 is 9.30 Å². The Kier molecular flexibility index (Phi) is 5.66. The highest BCUT2D eigenvalue weighted by Crippen LogP contribution is 2.41. The van der Waals surface area contributed by atoms with Crippen LogP contribution in [-0.4, -0.2) is 40.5 Å². The Bertz CT molecular complexity index is 1450. The number of nitrogens with zero attached hydrogens (tertiary/aromatic N) is 3. The fraction of sp³-hybridized carbons (Fsp3) is 0.333. The third-order valence-corrected chi connectivity index (χ3v) is 7.52. The van der Waals surface area contributed by atoms with Crippen LogP contribution in [0.25, 0.3) is 10.2 Å². The quantitative estimate of drug-likeness (QED) is 0.403. The standard InChI is InChI=1S/C24H21F2N3O5S/c1-3-34-22(31)16-11-28(13-4-6-19-20(10-13)35-24(33)27(19)2)23(32)29(21(16)30)18-7-5-14-15(18)8-12(25)9-17(14)26/h4,6,8-10,16,18H,3,5,7,11H2,1-2H3. The number of aromatic nitrogens is 1. The summed E-state index contributed by atoms with van der Waals surface area (Å²) in [6.07, 6.45) is 0.424. The number of fused-ring (bicyclic) bond motifs is 2. The van der Waals surface area contributed by atoms with Crippen molar-refractivity contribution in [2.24, 2.45) is 13.0 Å². The highest BCUT2D eigenvalue weighted by Gasteiger charge is 2.48. The maximum absolute atomic E-state index is 14.4. The van der Waals surface area contributed by atoms with E-state index in [4.69, 9.17) is 4.74 Å². The number of thiazole rings is 1. The normalized spacial score (nSPS) is 20.0. The predicted molar refractivity (Wildman–Crippen MR) is 124 cm³/mol. The second-order valence-corrected chi connectivity index (χ2v) is 9.49. The zero-order valence-corrected chi connectivity index (χ0v) is 19.7. The van der Waals surface area contributed by atoms with E-state index in [0.29, 0.717) is 15.9 Å². The third kappa shape index (κ3) is 3.70. The van der Waals surface area contributed by atoms with E-state index < -0.39 is 41.5 Å². The molecule has 0 N–H and O–H groups in total. The smallest absolute Gasteiger partial charge is 0.331 e. The molecule has 11 heteroatoms. The zero-order valence-electron chi connectivity index (χ0n) is 18.9. The van der Waals surface area contributed by atoms with Crippen molar-refractivity contribution in [3.63, 3.8) is 0 Å². The molecule has 2 heterocycles. The molecule has 0 spiro atoms. The van der Waals surface area contributed by atoms with Crippen LogP contribution in [0.2, 0.25) is 0 Å². The number of esters is 1. The molecule has 3 amide bonds. The van der Waals surface area contributed by atoms with Gasteiger partial charge in [-0.25, -0.2) is 13.6 Å². The second-order valence-electron chi connectivity index (χ2n) is 8.49. The topological polar surface area (TPSA) is 88.9 Å². The van der Waals surface area contributed by atoms with E-state index in [0.717, 1.165) is 28.4 Å². The number of carbonyl (C=O) groups is 3. The minimum Gasteiger partial charge on any atom is -0.465 e. The van der Waals surface area contributed by atoms with Crippen molar-refractivity contribution in [2.45, 2.75) is 25.8 Å². The Morgan fingerprint density at radius 3 is 2.69 bits per heavy atom. The van der Waals surface area contributed by atoms with Crippen molar-refractivity contribution in [1.29, 1.82) is 0 Å². The van der Waals surface area contributed by atoms with E-state index >= 15 is 0 Å². The van der Waals surface area contributed by atoms with Crippen LogP contribution in [0.4, 0.5) is 19.3 Å². The lowest BCUT2D eigenvalue weighted by atomic mass is 9.99. The van der Waals surface area contributed by atoms with Gasteiger partial charge in [0.05, 0.1) is 29.4 Å². The van der Waals surface area contributed by atoms with Crippen LogP contribution in [0.15, 0.2) is 35.1 Å². The van der Waals surface area contributed by atoms with E-state index in [-0.39, 0.29) is 42.0 Å². The Balaban J connectivity index is 1.60. The van der Waals surface area contributed by atoms with Crippen molar-refractivity contribution in [3.05, 3.63) is 62.8 Å². The van der Waals surface area contributed by atoms with Crippen LogP contribution in [0.3, 0.4) is 0 Å². The first kappa shape index (κ1) is 23.2. The van der Waals surface area contributed by atoms with Crippen LogP contribution in [0.1, 0.15) is 30.5 Å². The van der Waals surface area contributed by atoms with Gasteiger partial charge in [-0.05, 0) is 55.2 Å². The summed E-state index contributed by atoms with van der Waals surface area (Å²) in [7, 11) is 1.64. The van der Waals surface area contributed by atoms with Gasteiger partial charge in [0, 0.05) is 18.8 Å². The molecule has 182 valence electrons. The average Bonchev–Trinajstić information content (AvgIpc) is 3.34. The highest BCUT2D eigenvalue weighted by atomic mass is 32.1. The molecule has 1 aliphatic heterocycles. The van der Waals surface area contributed by atoms with Gasteiger partial charge in [0.1, 0.15) is 11.6 Å². The maximum Gasteiger partial charge on any atom is 0.331 e. The molecule has 5 rings (SSSR count). The predicted octanol–water partition coefficient (Wildman–Crippen LogP) is 3.51. The number of anilines is 1. The number of rotatable bonds is 4. The summed E-state index contributed by atoms with van der Waals surface area (Å²) in [6.45, 7) is 1.40. The zero-order chi connectivity index (χ0) is 25.0. The number of hydrogen-bond donors (Lipinski definition) is 0. The number of benzene rings is 2. The number of amides is 3. The highest BCUT2D eigenvalue weighted by molar-refractivity contribution is 7.16. The third-order valence-electron chi connectivity index (χ3n) is 6.53. The first-order valence-electron chi connectivity index (χ1n) is 11.1. The first-order chi connectivity index (χ1) is 16.7. The van der Waals surface area contributed by atoms with Crippen LogP contribution in [0.5, 0.6) is 0 Å². The van der Waals surface area contributed by atoms with Crippen molar-refractivity contribution in [2.75, 3.05) is 18.1 Å². The lowest BCUT2D eigenvalue weighted by Gasteiger charge is -2.40. The van der Waals surface area contributed by atoms with E-state index in [1.165, 1.54) is 9.47 Å². The number of imide groups is 1. The van der Waals surface area contributed by atoms with Crippen LogP contribution >= 0.6 is 11.3 Å². The van der Waals surface area contributed by atoms with Crippen LogP contribution in [-0.2, 0) is 27.8 Å². The Labute approximate surface area is 202 Å². The summed E-state index contributed by atoms with van der Waals surface area (Å²) < 4.78 is 35.6. The van der Waals surface area contributed by atoms with Gasteiger partial charge in [-0.3, -0.25) is 24.2 Å². The van der Waals surface area contributed by atoms with E-state index in [2.05, 4.69) is 0 Å². The van der Waals surface area contributed by atoms with Gasteiger partial charge in [0.15, 0.2) is 5.92 Å². The molecule has 1 saturated heterocycles. The molecule has 35 heavy (non-hydrogen) atoms. The summed E-state index contributed by atoms with van der Waals surface area (Å²) in [4.78, 5) is 53.9. The van der Waals surface area contributed by atoms with Crippen molar-refractivity contribution < 1.29 is 27.9 Å². The average molecular weight is 502 g/mol. The Morgan fingerprint density at radius 1 is 1.17 bits per heavy atom. The molecule has 1 aliphatic carbocycles. The summed E-state index contributed by atoms with van der Waals surface area (Å²) in [5, 5.41) is 0. The van der Waals surface area contributed by atoms with Gasteiger partial charge in [0.25, 0.3) is 0 Å². The number of ether oxygens (including phenoxy) is 1. The van der Waals surface area contributed by atoms with E-state index in [1.807, 2.05) is 0 Å². The molecule has 3 aromatic rings. The van der Waals surface area contributed by atoms with Crippen molar-refractivity contribution >= 4 is 45.1 Å². The molecular formula is C24H21F2N3O5S. The Morgan fingerprint density at radius 2 is 1.94 bits per heavy atom. The molecule has 2 unspecified atom stereocenters. The second kappa shape index (κ2) is 8.56. The van der Waals surface area contributed by atoms with Gasteiger partial charge >= 0.3 is 16.9 Å². The molecule has 1 aromatic heterocycles. The molecule has 2 aromatic carbocycles. The number of aryl methyl sites for hydroxylation is 1. The molecule has 0 bridgehead atoms. The van der Waals surface area contributed by atoms with Crippen LogP contribution < -0.4 is 9.77 Å². The fourth-order valence-electron chi connectivity index (χ4n) is 4.83. The molecule has 1 fully saturated rings. The monoisotopic (exact) mass is 501 g/mol. The fourth-order valence-corrected chi connectivity index (χ4v) is 5.74. The van der Waals surface area contributed by atoms with E-state index in [9.17, 15) is 28.0 Å². The number of carbonyl (C=O) groups excluding carboxylic acids is 3. The first-order valence-corrected chi connectivity index (χ1v) is 11.9. The number of urea groups is 1. The maximum atomic E-state index is 14.4. The summed E-state index contributed by atoms with van der Waals surface area (Å²) >= 11 is 1.01. The van der Waals surface area contributed by atoms with Gasteiger partial charge in [-0.2, -0.15) is 0 Å². The van der Waals surface area contributed by atoms with Crippen molar-refractivity contribution in [1.82, 2.24) is 9.47 Å². The molecule has 2 atom stereocenters. The largest absolute Gasteiger partial charge is 0.465 e. The van der Waals surface area contributed by atoms with Crippen molar-refractivity contribution in [3.8, 4) is 0 Å². The lowest BCUT2D eigenvalue weighted by Crippen LogP contribution is -2.59.